The molecule has 2 aliphatic rings. The predicted molar refractivity (Wildman–Crippen MR) is 193 cm³/mol. The largest absolute Gasteiger partial charge is 0.458 e. The van der Waals surface area contributed by atoms with Crippen LogP contribution in [0.2, 0.25) is 0 Å². The van der Waals surface area contributed by atoms with Crippen LogP contribution in [-0.4, -0.2) is 15.8 Å². The lowest BCUT2D eigenvalue weighted by atomic mass is 9.35. The van der Waals surface area contributed by atoms with Crippen molar-refractivity contribution in [3.8, 4) is 34.4 Å². The maximum absolute atomic E-state index is 6.69. The van der Waals surface area contributed by atoms with Crippen molar-refractivity contribution in [1.82, 2.24) is 9.13 Å². The molecule has 0 bridgehead atoms. The van der Waals surface area contributed by atoms with Crippen molar-refractivity contribution in [1.29, 1.82) is 0 Å². The molecule has 2 aromatic heterocycles. The van der Waals surface area contributed by atoms with Gasteiger partial charge >= 0.3 is 0 Å². The summed E-state index contributed by atoms with van der Waals surface area (Å²) in [7, 11) is 0. The Labute approximate surface area is 270 Å². The Morgan fingerprint density at radius 2 is 0.851 bits per heavy atom. The zero-order valence-corrected chi connectivity index (χ0v) is 25.2. The SMILES string of the molecule is c1ccc(-n2c3ccccc3c3c4c5ccccc5n(-c5cc6c7c(c5)Oc5ccccc5B7c5ccccc5O6)c4ccc32)cc1. The lowest BCUT2D eigenvalue weighted by molar-refractivity contribution is 0.464. The van der Waals surface area contributed by atoms with Crippen molar-refractivity contribution in [2.75, 3.05) is 0 Å². The Hall–Kier alpha value is -6.20. The van der Waals surface area contributed by atoms with Crippen LogP contribution in [0.4, 0.5) is 0 Å². The van der Waals surface area contributed by atoms with Gasteiger partial charge in [0.15, 0.2) is 0 Å². The lowest BCUT2D eigenvalue weighted by Crippen LogP contribution is -2.57. The first-order valence-electron chi connectivity index (χ1n) is 16.1. The highest BCUT2D eigenvalue weighted by atomic mass is 16.5. The van der Waals surface area contributed by atoms with Gasteiger partial charge in [-0.1, -0.05) is 91.0 Å². The molecule has 4 nitrogen and oxygen atoms in total. The van der Waals surface area contributed by atoms with Crippen LogP contribution in [0.15, 0.2) is 152 Å². The fourth-order valence-electron chi connectivity index (χ4n) is 8.16. The van der Waals surface area contributed by atoms with Gasteiger partial charge in [-0.15, -0.1) is 0 Å². The quantitative estimate of drug-likeness (QED) is 0.186. The normalized spacial score (nSPS) is 13.0. The Kier molecular flexibility index (Phi) is 4.89. The van der Waals surface area contributed by atoms with Crippen LogP contribution in [0.5, 0.6) is 23.0 Å². The molecule has 0 amide bonds. The highest BCUT2D eigenvalue weighted by molar-refractivity contribution is 6.98. The zero-order valence-electron chi connectivity index (χ0n) is 25.2. The van der Waals surface area contributed by atoms with Crippen LogP contribution in [0.3, 0.4) is 0 Å². The van der Waals surface area contributed by atoms with Crippen molar-refractivity contribution in [3.63, 3.8) is 0 Å². The summed E-state index contributed by atoms with van der Waals surface area (Å²) in [5.74, 6) is 3.46. The van der Waals surface area contributed by atoms with E-state index in [0.717, 1.165) is 50.9 Å². The van der Waals surface area contributed by atoms with Crippen molar-refractivity contribution >= 4 is 66.7 Å². The van der Waals surface area contributed by atoms with Gasteiger partial charge in [0.2, 0.25) is 0 Å². The summed E-state index contributed by atoms with van der Waals surface area (Å²) in [5, 5.41) is 4.95. The topological polar surface area (TPSA) is 28.3 Å². The monoisotopic (exact) mass is 600 g/mol. The van der Waals surface area contributed by atoms with Gasteiger partial charge in [-0.2, -0.15) is 0 Å². The van der Waals surface area contributed by atoms with E-state index in [4.69, 9.17) is 9.47 Å². The second-order valence-electron chi connectivity index (χ2n) is 12.5. The van der Waals surface area contributed by atoms with E-state index in [1.165, 1.54) is 43.5 Å². The van der Waals surface area contributed by atoms with Gasteiger partial charge in [0, 0.05) is 44.8 Å². The van der Waals surface area contributed by atoms with Crippen LogP contribution in [0.1, 0.15) is 0 Å². The molecule has 0 aliphatic carbocycles. The number of hydrogen-bond acceptors (Lipinski definition) is 2. The Morgan fingerprint density at radius 3 is 1.43 bits per heavy atom. The minimum atomic E-state index is 0.0471. The van der Waals surface area contributed by atoms with Gasteiger partial charge in [-0.25, -0.2) is 0 Å². The molecule has 0 saturated heterocycles. The Morgan fingerprint density at radius 1 is 0.383 bits per heavy atom. The van der Waals surface area contributed by atoms with Gasteiger partial charge in [-0.3, -0.25) is 0 Å². The van der Waals surface area contributed by atoms with Gasteiger partial charge in [-0.05, 0) is 59.5 Å². The second-order valence-corrected chi connectivity index (χ2v) is 12.5. The Bertz CT molecular complexity index is 2690. The molecular formula is C42H25BN2O2. The highest BCUT2D eigenvalue weighted by Crippen LogP contribution is 2.44. The lowest BCUT2D eigenvalue weighted by Gasteiger charge is -2.33. The average Bonchev–Trinajstić information content (AvgIpc) is 3.64. The van der Waals surface area contributed by atoms with E-state index in [0.29, 0.717) is 0 Å². The first kappa shape index (κ1) is 25.0. The third-order valence-corrected chi connectivity index (χ3v) is 10.0. The number of fused-ring (bicyclic) bond motifs is 11. The highest BCUT2D eigenvalue weighted by Gasteiger charge is 2.40. The Balaban J connectivity index is 1.23. The van der Waals surface area contributed by atoms with Gasteiger partial charge in [0.25, 0.3) is 6.71 Å². The van der Waals surface area contributed by atoms with Crippen molar-refractivity contribution in [2.45, 2.75) is 0 Å². The summed E-state index contributed by atoms with van der Waals surface area (Å²) >= 11 is 0. The number of rotatable bonds is 2. The molecule has 0 N–H and O–H groups in total. The standard InChI is InChI=1S/C42H25BN2O2/c1-2-12-26(13-3-1)44-32-18-8-4-14-28(32)40-34(44)22-23-35-41(40)29-15-5-9-19-33(29)45(35)27-24-38-42-39(25-27)47-37-21-11-7-17-31(37)43(42)30-16-6-10-20-36(30)46-38/h1-25H. The fraction of sp³-hybridized carbons (Fsp3) is 0. The molecule has 218 valence electrons. The molecule has 11 rings (SSSR count). The maximum Gasteiger partial charge on any atom is 0.260 e. The van der Waals surface area contributed by atoms with E-state index >= 15 is 0 Å². The van der Waals surface area contributed by atoms with E-state index in [9.17, 15) is 0 Å². The van der Waals surface area contributed by atoms with E-state index in [-0.39, 0.29) is 6.71 Å². The van der Waals surface area contributed by atoms with Crippen LogP contribution in [0.25, 0.3) is 55.0 Å². The van der Waals surface area contributed by atoms with Gasteiger partial charge < -0.3 is 18.6 Å². The minimum Gasteiger partial charge on any atom is -0.458 e. The van der Waals surface area contributed by atoms with E-state index < -0.39 is 0 Å². The minimum absolute atomic E-state index is 0.0471. The third kappa shape index (κ3) is 3.32. The van der Waals surface area contributed by atoms with E-state index in [1.54, 1.807) is 0 Å². The number of nitrogens with zero attached hydrogens (tertiary/aromatic N) is 2. The summed E-state index contributed by atoms with van der Waals surface area (Å²) in [4.78, 5) is 0. The van der Waals surface area contributed by atoms with E-state index in [1.807, 2.05) is 12.1 Å². The molecular weight excluding hydrogens is 575 g/mol. The molecule has 0 spiro atoms. The number of aromatic nitrogens is 2. The number of ether oxygens (including phenoxy) is 2. The van der Waals surface area contributed by atoms with Crippen LogP contribution in [0, 0.1) is 0 Å². The maximum atomic E-state index is 6.69. The van der Waals surface area contributed by atoms with Crippen molar-refractivity contribution in [2.24, 2.45) is 0 Å². The van der Waals surface area contributed by atoms with E-state index in [2.05, 4.69) is 149 Å². The molecule has 0 radical (unpaired) electrons. The number of para-hydroxylation sites is 5. The van der Waals surface area contributed by atoms with Gasteiger partial charge in [0.05, 0.1) is 27.8 Å². The molecule has 4 heterocycles. The molecule has 5 heteroatoms. The summed E-state index contributed by atoms with van der Waals surface area (Å²) in [6.45, 7) is 0.0471. The number of benzene rings is 7. The molecule has 0 fully saturated rings. The second kappa shape index (κ2) is 9.18. The van der Waals surface area contributed by atoms with Crippen LogP contribution in [-0.2, 0) is 0 Å². The molecule has 2 aliphatic heterocycles. The first-order chi connectivity index (χ1) is 23.3. The molecule has 47 heavy (non-hydrogen) atoms. The first-order valence-corrected chi connectivity index (χ1v) is 16.1. The zero-order chi connectivity index (χ0) is 30.6. The number of hydrogen-bond donors (Lipinski definition) is 0. The summed E-state index contributed by atoms with van der Waals surface area (Å²) < 4.78 is 18.1. The third-order valence-electron chi connectivity index (χ3n) is 10.0. The summed E-state index contributed by atoms with van der Waals surface area (Å²) in [5.41, 5.74) is 10.2. The molecule has 0 unspecified atom stereocenters. The fourth-order valence-corrected chi connectivity index (χ4v) is 8.16. The smallest absolute Gasteiger partial charge is 0.260 e. The summed E-state index contributed by atoms with van der Waals surface area (Å²) in [6.07, 6.45) is 0. The van der Waals surface area contributed by atoms with Crippen molar-refractivity contribution in [3.05, 3.63) is 152 Å². The molecule has 9 aromatic rings. The molecule has 7 aromatic carbocycles. The van der Waals surface area contributed by atoms with Crippen molar-refractivity contribution < 1.29 is 9.47 Å². The molecule has 0 saturated carbocycles. The van der Waals surface area contributed by atoms with Crippen LogP contribution >= 0.6 is 0 Å². The average molecular weight is 600 g/mol. The van der Waals surface area contributed by atoms with Gasteiger partial charge in [0.1, 0.15) is 23.0 Å². The predicted octanol–water partition coefficient (Wildman–Crippen LogP) is 8.61. The summed E-state index contributed by atoms with van der Waals surface area (Å²) in [6, 6.07) is 53.8. The van der Waals surface area contributed by atoms with Crippen LogP contribution < -0.4 is 25.9 Å². The molecule has 0 atom stereocenters.